The van der Waals surface area contributed by atoms with E-state index in [1.807, 2.05) is 0 Å². The third-order valence-corrected chi connectivity index (χ3v) is 8.22. The van der Waals surface area contributed by atoms with E-state index in [1.54, 1.807) is 0 Å². The number of fused-ring (bicyclic) bond motifs is 6. The van der Waals surface area contributed by atoms with Gasteiger partial charge in [-0.1, -0.05) is 84.9 Å². The summed E-state index contributed by atoms with van der Waals surface area (Å²) in [4.78, 5) is 0. The van der Waals surface area contributed by atoms with Crippen molar-refractivity contribution in [3.63, 3.8) is 0 Å². The van der Waals surface area contributed by atoms with Gasteiger partial charge < -0.3 is 0 Å². The zero-order valence-corrected chi connectivity index (χ0v) is 19.0. The molecule has 0 saturated carbocycles. The van der Waals surface area contributed by atoms with Gasteiger partial charge >= 0.3 is 0 Å². The molecular weight excluding hydrogens is 496 g/mol. The molecule has 0 spiro atoms. The van der Waals surface area contributed by atoms with Gasteiger partial charge in [0, 0.05) is 8.95 Å². The molecule has 0 heterocycles. The largest absolute Gasteiger partial charge is 0.0616 e. The summed E-state index contributed by atoms with van der Waals surface area (Å²) in [5.74, 6) is 0. The molecular formula is C28H14Br2. The van der Waals surface area contributed by atoms with E-state index in [9.17, 15) is 0 Å². The molecule has 0 aliphatic rings. The molecule has 0 N–H and O–H groups in total. The second kappa shape index (κ2) is 5.94. The highest BCUT2D eigenvalue weighted by Gasteiger charge is 2.20. The van der Waals surface area contributed by atoms with Gasteiger partial charge in [0.15, 0.2) is 0 Å². The Labute approximate surface area is 189 Å². The van der Waals surface area contributed by atoms with E-state index in [1.165, 1.54) is 73.6 Å². The minimum absolute atomic E-state index is 1.18. The first-order chi connectivity index (χ1) is 14.8. The fraction of sp³-hybridized carbons (Fsp3) is 0. The van der Waals surface area contributed by atoms with Gasteiger partial charge in [-0.2, -0.15) is 0 Å². The van der Waals surface area contributed by atoms with Crippen LogP contribution in [0.15, 0.2) is 93.9 Å². The van der Waals surface area contributed by atoms with Gasteiger partial charge in [-0.05, 0) is 96.5 Å². The lowest BCUT2D eigenvalue weighted by molar-refractivity contribution is 1.76. The van der Waals surface area contributed by atoms with E-state index < -0.39 is 0 Å². The quantitative estimate of drug-likeness (QED) is 0.141. The van der Waals surface area contributed by atoms with Gasteiger partial charge in [-0.15, -0.1) is 0 Å². The number of hydrogen-bond donors (Lipinski definition) is 0. The smallest absolute Gasteiger partial charge is 0.0332 e. The highest BCUT2D eigenvalue weighted by Crippen LogP contribution is 2.49. The molecule has 140 valence electrons. The average Bonchev–Trinajstić information content (AvgIpc) is 2.81. The van der Waals surface area contributed by atoms with Crippen LogP contribution < -0.4 is 0 Å². The van der Waals surface area contributed by atoms with Crippen LogP contribution in [0.2, 0.25) is 0 Å². The van der Waals surface area contributed by atoms with Crippen LogP contribution in [0, 0.1) is 0 Å². The van der Waals surface area contributed by atoms with Gasteiger partial charge in [0.05, 0.1) is 0 Å². The summed E-state index contributed by atoms with van der Waals surface area (Å²) in [6, 6.07) is 30.9. The van der Waals surface area contributed by atoms with Crippen LogP contribution in [0.25, 0.3) is 64.6 Å². The zero-order valence-electron chi connectivity index (χ0n) is 15.8. The van der Waals surface area contributed by atoms with Crippen molar-refractivity contribution in [3.8, 4) is 0 Å². The molecule has 7 rings (SSSR count). The highest BCUT2D eigenvalue weighted by atomic mass is 79.9. The lowest BCUT2D eigenvalue weighted by Crippen LogP contribution is -1.91. The van der Waals surface area contributed by atoms with Crippen molar-refractivity contribution in [2.75, 3.05) is 0 Å². The van der Waals surface area contributed by atoms with Crippen molar-refractivity contribution in [1.82, 2.24) is 0 Å². The fourth-order valence-corrected chi connectivity index (χ4v) is 6.67. The van der Waals surface area contributed by atoms with Crippen molar-refractivity contribution in [2.24, 2.45) is 0 Å². The third-order valence-electron chi connectivity index (χ3n) is 6.51. The molecule has 2 heteroatoms. The standard InChI is InChI=1S/C28H14Br2/c29-27-19-9-3-1-7-17(19)25-23-15(11-5-13-21(23)27)16-12-6-14-22-24(16)26(25)18-8-2-4-10-20(18)28(22)30/h1-14H. The van der Waals surface area contributed by atoms with E-state index in [0.29, 0.717) is 0 Å². The number of rotatable bonds is 0. The van der Waals surface area contributed by atoms with Crippen molar-refractivity contribution >= 4 is 96.5 Å². The van der Waals surface area contributed by atoms with Gasteiger partial charge in [-0.3, -0.25) is 0 Å². The lowest BCUT2D eigenvalue weighted by atomic mass is 9.85. The summed E-state index contributed by atoms with van der Waals surface area (Å²) < 4.78 is 2.35. The molecule has 0 aliphatic carbocycles. The Morgan fingerprint density at radius 2 is 0.600 bits per heavy atom. The fourth-order valence-electron chi connectivity index (χ4n) is 5.32. The van der Waals surface area contributed by atoms with E-state index in [2.05, 4.69) is 117 Å². The first kappa shape index (κ1) is 17.0. The van der Waals surface area contributed by atoms with E-state index >= 15 is 0 Å². The molecule has 0 amide bonds. The lowest BCUT2D eigenvalue weighted by Gasteiger charge is -2.20. The van der Waals surface area contributed by atoms with Crippen LogP contribution in [0.3, 0.4) is 0 Å². The van der Waals surface area contributed by atoms with Crippen molar-refractivity contribution in [1.29, 1.82) is 0 Å². The van der Waals surface area contributed by atoms with E-state index in [-0.39, 0.29) is 0 Å². The Balaban J connectivity index is 2.03. The summed E-state index contributed by atoms with van der Waals surface area (Å²) in [6.07, 6.45) is 0. The maximum Gasteiger partial charge on any atom is 0.0332 e. The average molecular weight is 510 g/mol. The summed E-state index contributed by atoms with van der Waals surface area (Å²) >= 11 is 7.87. The Kier molecular flexibility index (Phi) is 3.37. The summed E-state index contributed by atoms with van der Waals surface area (Å²) in [5, 5.41) is 15.7. The number of hydrogen-bond acceptors (Lipinski definition) is 0. The predicted octanol–water partition coefficient (Wildman–Crippen LogP) is 9.57. The number of halogens is 2. The number of benzene rings is 7. The first-order valence-corrected chi connectivity index (χ1v) is 11.6. The molecule has 7 aromatic rings. The zero-order chi connectivity index (χ0) is 20.0. The Bertz CT molecular complexity index is 1680. The molecule has 7 aromatic carbocycles. The van der Waals surface area contributed by atoms with Crippen LogP contribution in [-0.4, -0.2) is 0 Å². The molecule has 0 radical (unpaired) electrons. The Morgan fingerprint density at radius 3 is 1.03 bits per heavy atom. The minimum atomic E-state index is 1.18. The van der Waals surface area contributed by atoms with Gasteiger partial charge in [-0.25, -0.2) is 0 Å². The van der Waals surface area contributed by atoms with Gasteiger partial charge in [0.1, 0.15) is 0 Å². The maximum atomic E-state index is 3.93. The Hall–Kier alpha value is -2.68. The van der Waals surface area contributed by atoms with Crippen LogP contribution in [0.1, 0.15) is 0 Å². The van der Waals surface area contributed by atoms with Crippen molar-refractivity contribution < 1.29 is 0 Å². The van der Waals surface area contributed by atoms with Crippen LogP contribution in [0.5, 0.6) is 0 Å². The van der Waals surface area contributed by atoms with Crippen LogP contribution in [-0.2, 0) is 0 Å². The maximum absolute atomic E-state index is 3.93. The SMILES string of the molecule is Brc1c2ccccc2c2c3c1cccc3c1cccc3c(Br)c4ccccc4c2c31. The molecule has 0 unspecified atom stereocenters. The molecule has 0 aliphatic heterocycles. The third kappa shape index (κ3) is 1.96. The Morgan fingerprint density at radius 1 is 0.300 bits per heavy atom. The van der Waals surface area contributed by atoms with E-state index in [4.69, 9.17) is 0 Å². The normalized spacial score (nSPS) is 12.3. The van der Waals surface area contributed by atoms with Crippen LogP contribution in [0.4, 0.5) is 0 Å². The molecule has 30 heavy (non-hydrogen) atoms. The van der Waals surface area contributed by atoms with Crippen LogP contribution >= 0.6 is 31.9 Å². The topological polar surface area (TPSA) is 0 Å². The second-order valence-corrected chi connectivity index (χ2v) is 9.51. The molecule has 0 aromatic heterocycles. The molecule has 0 fully saturated rings. The summed E-state index contributed by atoms with van der Waals surface area (Å²) in [7, 11) is 0. The minimum Gasteiger partial charge on any atom is -0.0616 e. The molecule has 0 nitrogen and oxygen atoms in total. The molecule has 0 atom stereocenters. The molecule has 0 saturated heterocycles. The monoisotopic (exact) mass is 508 g/mol. The summed E-state index contributed by atoms with van der Waals surface area (Å²) in [5.41, 5.74) is 0. The second-order valence-electron chi connectivity index (χ2n) is 7.93. The van der Waals surface area contributed by atoms with Gasteiger partial charge in [0.2, 0.25) is 0 Å². The molecule has 0 bridgehead atoms. The predicted molar refractivity (Wildman–Crippen MR) is 138 cm³/mol. The van der Waals surface area contributed by atoms with E-state index in [0.717, 1.165) is 0 Å². The van der Waals surface area contributed by atoms with Gasteiger partial charge in [0.25, 0.3) is 0 Å². The first-order valence-electron chi connectivity index (χ1n) is 10.0. The summed E-state index contributed by atoms with van der Waals surface area (Å²) in [6.45, 7) is 0. The van der Waals surface area contributed by atoms with Crippen molar-refractivity contribution in [3.05, 3.63) is 93.9 Å². The van der Waals surface area contributed by atoms with Crippen molar-refractivity contribution in [2.45, 2.75) is 0 Å². The highest BCUT2D eigenvalue weighted by molar-refractivity contribution is 9.11.